The Morgan fingerprint density at radius 1 is 1.00 bits per heavy atom. The number of hydrogen-bond donors (Lipinski definition) is 1. The number of carbonyl (C=O) groups is 2. The van der Waals surface area contributed by atoms with E-state index in [4.69, 9.17) is 4.74 Å². The van der Waals surface area contributed by atoms with Crippen molar-refractivity contribution in [3.63, 3.8) is 0 Å². The highest BCUT2D eigenvalue weighted by Gasteiger charge is 2.24. The molecule has 1 fully saturated rings. The van der Waals surface area contributed by atoms with Crippen LogP contribution >= 0.6 is 0 Å². The van der Waals surface area contributed by atoms with Gasteiger partial charge in [0.15, 0.2) is 11.5 Å². The summed E-state index contributed by atoms with van der Waals surface area (Å²) in [6, 6.07) is 10.8. The van der Waals surface area contributed by atoms with E-state index in [0.717, 1.165) is 5.69 Å². The molecule has 3 rings (SSSR count). The molecule has 8 heteroatoms. The maximum Gasteiger partial charge on any atom is 0.274 e. The second-order valence-electron chi connectivity index (χ2n) is 5.93. The van der Waals surface area contributed by atoms with Gasteiger partial charge in [0.25, 0.3) is 5.91 Å². The first kappa shape index (κ1) is 17.7. The zero-order valence-corrected chi connectivity index (χ0v) is 14.8. The van der Waals surface area contributed by atoms with E-state index >= 15 is 0 Å². The lowest BCUT2D eigenvalue weighted by Gasteiger charge is -2.33. The lowest BCUT2D eigenvalue weighted by Crippen LogP contribution is -2.50. The van der Waals surface area contributed by atoms with Gasteiger partial charge in [-0.3, -0.25) is 9.59 Å². The van der Waals surface area contributed by atoms with Crippen LogP contribution < -0.4 is 10.1 Å². The molecule has 0 saturated carbocycles. The van der Waals surface area contributed by atoms with Crippen molar-refractivity contribution < 1.29 is 14.3 Å². The topological polar surface area (TPSA) is 87.7 Å². The fourth-order valence-corrected chi connectivity index (χ4v) is 2.79. The first-order valence-electron chi connectivity index (χ1n) is 8.37. The van der Waals surface area contributed by atoms with Crippen LogP contribution in [0.2, 0.25) is 0 Å². The second kappa shape index (κ2) is 7.81. The van der Waals surface area contributed by atoms with Crippen molar-refractivity contribution in [1.29, 1.82) is 0 Å². The van der Waals surface area contributed by atoms with Crippen LogP contribution in [-0.2, 0) is 4.79 Å². The second-order valence-corrected chi connectivity index (χ2v) is 5.93. The van der Waals surface area contributed by atoms with Crippen molar-refractivity contribution in [1.82, 2.24) is 20.0 Å². The average molecular weight is 355 g/mol. The number of amides is 2. The van der Waals surface area contributed by atoms with Crippen molar-refractivity contribution in [3.05, 3.63) is 42.1 Å². The number of rotatable bonds is 4. The number of piperazine rings is 1. The first-order chi connectivity index (χ1) is 12.6. The number of nitrogens with one attached hydrogen (secondary N) is 1. The summed E-state index contributed by atoms with van der Waals surface area (Å²) in [6.45, 7) is 3.63. The molecule has 0 aliphatic carbocycles. The predicted octanol–water partition coefficient (Wildman–Crippen LogP) is 1.53. The zero-order chi connectivity index (χ0) is 18.5. The number of ether oxygens (including phenoxy) is 1. The Labute approximate surface area is 151 Å². The van der Waals surface area contributed by atoms with Crippen molar-refractivity contribution >= 4 is 23.3 Å². The molecular formula is C18H21N5O3. The molecule has 1 saturated heterocycles. The quantitative estimate of drug-likeness (QED) is 0.895. The minimum absolute atomic E-state index is 0.0312. The molecule has 1 aromatic heterocycles. The average Bonchev–Trinajstić information content (AvgIpc) is 2.68. The maximum absolute atomic E-state index is 12.5. The minimum atomic E-state index is -0.176. The lowest BCUT2D eigenvalue weighted by molar-refractivity contribution is -0.130. The van der Waals surface area contributed by atoms with Crippen LogP contribution in [0.3, 0.4) is 0 Å². The molecule has 136 valence electrons. The molecule has 1 aliphatic rings. The molecule has 26 heavy (non-hydrogen) atoms. The van der Waals surface area contributed by atoms with Gasteiger partial charge in [-0.2, -0.15) is 0 Å². The number of para-hydroxylation sites is 2. The number of aromatic nitrogens is 2. The number of anilines is 2. The number of nitrogens with zero attached hydrogens (tertiary/aromatic N) is 4. The summed E-state index contributed by atoms with van der Waals surface area (Å²) in [4.78, 5) is 27.3. The highest BCUT2D eigenvalue weighted by Crippen LogP contribution is 2.25. The molecule has 0 atom stereocenters. The summed E-state index contributed by atoms with van der Waals surface area (Å²) in [7, 11) is 1.60. The van der Waals surface area contributed by atoms with E-state index < -0.39 is 0 Å². The molecule has 0 unspecified atom stereocenters. The van der Waals surface area contributed by atoms with Crippen molar-refractivity contribution in [2.75, 3.05) is 38.6 Å². The van der Waals surface area contributed by atoms with Gasteiger partial charge in [-0.15, -0.1) is 10.2 Å². The van der Waals surface area contributed by atoms with Crippen LogP contribution in [0.5, 0.6) is 5.75 Å². The van der Waals surface area contributed by atoms with Crippen molar-refractivity contribution in [2.24, 2.45) is 0 Å². The van der Waals surface area contributed by atoms with Crippen LogP contribution in [0.4, 0.5) is 11.5 Å². The van der Waals surface area contributed by atoms with Crippen molar-refractivity contribution in [3.8, 4) is 5.75 Å². The van der Waals surface area contributed by atoms with Crippen molar-refractivity contribution in [2.45, 2.75) is 6.92 Å². The van der Waals surface area contributed by atoms with Crippen LogP contribution in [0.1, 0.15) is 17.4 Å². The van der Waals surface area contributed by atoms with E-state index in [0.29, 0.717) is 37.7 Å². The number of benzene rings is 1. The number of methoxy groups -OCH3 is 1. The van der Waals surface area contributed by atoms with Gasteiger partial charge in [-0.1, -0.05) is 12.1 Å². The van der Waals surface area contributed by atoms with Gasteiger partial charge in [0.2, 0.25) is 5.91 Å². The largest absolute Gasteiger partial charge is 0.495 e. The van der Waals surface area contributed by atoms with Gasteiger partial charge in [0.1, 0.15) is 5.75 Å². The SMILES string of the molecule is COc1ccccc1Nc1ccc(C(=O)N2CCN(C(C)=O)CC2)nn1. The molecule has 1 aliphatic heterocycles. The van der Waals surface area contributed by atoms with Gasteiger partial charge < -0.3 is 19.9 Å². The molecule has 0 bridgehead atoms. The Morgan fingerprint density at radius 2 is 1.69 bits per heavy atom. The summed E-state index contributed by atoms with van der Waals surface area (Å²) >= 11 is 0. The molecular weight excluding hydrogens is 334 g/mol. The molecule has 2 heterocycles. The summed E-state index contributed by atoms with van der Waals surface area (Å²) in [5.41, 5.74) is 1.05. The third-order valence-corrected chi connectivity index (χ3v) is 4.27. The molecule has 0 radical (unpaired) electrons. The Hall–Kier alpha value is -3.16. The third-order valence-electron chi connectivity index (χ3n) is 4.27. The standard InChI is InChI=1S/C18H21N5O3/c1-13(24)22-9-11-23(12-10-22)18(25)15-7-8-17(21-20-15)19-14-5-3-4-6-16(14)26-2/h3-8H,9-12H2,1-2H3,(H,19,21). The smallest absolute Gasteiger partial charge is 0.274 e. The van der Waals surface area contributed by atoms with Crippen LogP contribution in [0, 0.1) is 0 Å². The Bertz CT molecular complexity index is 786. The third kappa shape index (κ3) is 3.90. The predicted molar refractivity (Wildman–Crippen MR) is 96.5 cm³/mol. The number of hydrogen-bond acceptors (Lipinski definition) is 6. The van der Waals surface area contributed by atoms with E-state index in [1.54, 1.807) is 29.0 Å². The monoisotopic (exact) mass is 355 g/mol. The molecule has 0 spiro atoms. The van der Waals surface area contributed by atoms with E-state index in [2.05, 4.69) is 15.5 Å². The maximum atomic E-state index is 12.5. The fourth-order valence-electron chi connectivity index (χ4n) is 2.79. The van der Waals surface area contributed by atoms with Gasteiger partial charge in [-0.25, -0.2) is 0 Å². The van der Waals surface area contributed by atoms with Crippen LogP contribution in [0.15, 0.2) is 36.4 Å². The first-order valence-corrected chi connectivity index (χ1v) is 8.37. The normalized spacial score (nSPS) is 14.1. The van der Waals surface area contributed by atoms with E-state index in [1.807, 2.05) is 24.3 Å². The minimum Gasteiger partial charge on any atom is -0.495 e. The lowest BCUT2D eigenvalue weighted by atomic mass is 10.2. The molecule has 8 nitrogen and oxygen atoms in total. The van der Waals surface area contributed by atoms with Crippen LogP contribution in [-0.4, -0.2) is 65.1 Å². The van der Waals surface area contributed by atoms with E-state index in [1.165, 1.54) is 6.92 Å². The summed E-state index contributed by atoms with van der Waals surface area (Å²) in [5.74, 6) is 1.07. The Morgan fingerprint density at radius 3 is 2.31 bits per heavy atom. The van der Waals surface area contributed by atoms with Crippen LogP contribution in [0.25, 0.3) is 0 Å². The zero-order valence-electron chi connectivity index (χ0n) is 14.8. The van der Waals surface area contributed by atoms with Gasteiger partial charge in [0, 0.05) is 33.1 Å². The summed E-state index contributed by atoms with van der Waals surface area (Å²) < 4.78 is 5.28. The molecule has 1 N–H and O–H groups in total. The fraction of sp³-hybridized carbons (Fsp3) is 0.333. The summed E-state index contributed by atoms with van der Waals surface area (Å²) in [6.07, 6.45) is 0. The highest BCUT2D eigenvalue weighted by molar-refractivity contribution is 5.92. The Kier molecular flexibility index (Phi) is 5.31. The van der Waals surface area contributed by atoms with E-state index in [9.17, 15) is 9.59 Å². The molecule has 2 amide bonds. The molecule has 1 aromatic carbocycles. The van der Waals surface area contributed by atoms with Gasteiger partial charge in [0.05, 0.1) is 12.8 Å². The molecule has 2 aromatic rings. The van der Waals surface area contributed by atoms with Gasteiger partial charge in [-0.05, 0) is 24.3 Å². The Balaban J connectivity index is 1.64. The van der Waals surface area contributed by atoms with Gasteiger partial charge >= 0.3 is 0 Å². The highest BCUT2D eigenvalue weighted by atomic mass is 16.5. The van der Waals surface area contributed by atoms with E-state index in [-0.39, 0.29) is 17.5 Å². The number of carbonyl (C=O) groups excluding carboxylic acids is 2. The summed E-state index contributed by atoms with van der Waals surface area (Å²) in [5, 5.41) is 11.2.